The van der Waals surface area contributed by atoms with E-state index in [1.807, 2.05) is 6.08 Å². The van der Waals surface area contributed by atoms with Gasteiger partial charge in [0.25, 0.3) is 0 Å². The number of hydrogen-bond acceptors (Lipinski definition) is 2. The maximum absolute atomic E-state index is 3.97. The van der Waals surface area contributed by atoms with Crippen LogP contribution in [-0.4, -0.2) is 19.0 Å². The van der Waals surface area contributed by atoms with E-state index in [2.05, 4.69) is 16.6 Å². The van der Waals surface area contributed by atoms with Crippen LogP contribution in [0.4, 0.5) is 0 Å². The first-order valence-corrected chi connectivity index (χ1v) is 2.70. The molecule has 0 N–H and O–H groups in total. The highest BCUT2D eigenvalue weighted by Crippen LogP contribution is 1.98. The van der Waals surface area contributed by atoms with Gasteiger partial charge in [0.05, 0.1) is 5.71 Å². The highest BCUT2D eigenvalue weighted by atomic mass is 14.7. The quantitative estimate of drug-likeness (QED) is 0.459. The zero-order valence-electron chi connectivity index (χ0n) is 5.33. The summed E-state index contributed by atoms with van der Waals surface area (Å²) in [6, 6.07) is 0. The van der Waals surface area contributed by atoms with Crippen molar-refractivity contribution >= 4 is 11.9 Å². The third-order valence-electron chi connectivity index (χ3n) is 1.12. The summed E-state index contributed by atoms with van der Waals surface area (Å²) in [6.07, 6.45) is 5.24. The molecule has 0 fully saturated rings. The third-order valence-corrected chi connectivity index (χ3v) is 1.12. The molecule has 1 aliphatic rings. The molecule has 0 aromatic heterocycles. The van der Waals surface area contributed by atoms with Crippen LogP contribution in [0.15, 0.2) is 34.4 Å². The molecule has 1 rings (SSSR count). The fraction of sp³-hybridized carbons (Fsp3) is 0.143. The molecule has 1 heterocycles. The van der Waals surface area contributed by atoms with Crippen molar-refractivity contribution in [2.75, 3.05) is 7.05 Å². The van der Waals surface area contributed by atoms with Crippen LogP contribution in [-0.2, 0) is 0 Å². The van der Waals surface area contributed by atoms with E-state index in [1.54, 1.807) is 19.5 Å². The monoisotopic (exact) mass is 120 g/mol. The van der Waals surface area contributed by atoms with Crippen molar-refractivity contribution in [3.8, 4) is 0 Å². The number of hydrogen-bond donors (Lipinski definition) is 0. The van der Waals surface area contributed by atoms with Crippen molar-refractivity contribution in [2.24, 2.45) is 9.98 Å². The number of rotatable bonds is 0. The summed E-state index contributed by atoms with van der Waals surface area (Å²) in [4.78, 5) is 7.84. The van der Waals surface area contributed by atoms with Gasteiger partial charge < -0.3 is 0 Å². The summed E-state index contributed by atoms with van der Waals surface area (Å²) >= 11 is 0. The molecular formula is C7H8N2. The van der Waals surface area contributed by atoms with Gasteiger partial charge in [-0.1, -0.05) is 6.58 Å². The van der Waals surface area contributed by atoms with Gasteiger partial charge in [-0.2, -0.15) is 0 Å². The Balaban J connectivity index is 2.91. The van der Waals surface area contributed by atoms with Gasteiger partial charge in [0, 0.05) is 25.0 Å². The number of aliphatic imine (C=N–C) groups is 2. The Morgan fingerprint density at radius 1 is 1.67 bits per heavy atom. The molecule has 0 saturated carbocycles. The molecule has 0 aromatic carbocycles. The van der Waals surface area contributed by atoms with Crippen molar-refractivity contribution < 1.29 is 0 Å². The lowest BCUT2D eigenvalue weighted by Gasteiger charge is -2.00. The average molecular weight is 120 g/mol. The first kappa shape index (κ1) is 5.95. The third kappa shape index (κ3) is 1.13. The lowest BCUT2D eigenvalue weighted by Crippen LogP contribution is -2.01. The van der Waals surface area contributed by atoms with Gasteiger partial charge in [0.1, 0.15) is 0 Å². The number of allylic oxidation sites excluding steroid dienone is 2. The molecule has 2 nitrogen and oxygen atoms in total. The minimum absolute atomic E-state index is 0.875. The van der Waals surface area contributed by atoms with Crippen LogP contribution < -0.4 is 0 Å². The predicted molar refractivity (Wildman–Crippen MR) is 40.1 cm³/mol. The Morgan fingerprint density at radius 3 is 2.89 bits per heavy atom. The number of nitrogens with zero attached hydrogens (tertiary/aromatic N) is 2. The van der Waals surface area contributed by atoms with Gasteiger partial charge in [-0.25, -0.2) is 0 Å². The fourth-order valence-electron chi connectivity index (χ4n) is 0.638. The van der Waals surface area contributed by atoms with Crippen molar-refractivity contribution in [1.29, 1.82) is 0 Å². The molecule has 0 spiro atoms. The molecule has 0 radical (unpaired) electrons. The summed E-state index contributed by atoms with van der Waals surface area (Å²) < 4.78 is 0. The van der Waals surface area contributed by atoms with E-state index in [4.69, 9.17) is 0 Å². The zero-order chi connectivity index (χ0) is 6.69. The second kappa shape index (κ2) is 2.40. The van der Waals surface area contributed by atoms with Crippen LogP contribution in [0.3, 0.4) is 0 Å². The molecule has 1 aliphatic heterocycles. The Hall–Kier alpha value is -1.18. The molecule has 0 unspecified atom stereocenters. The Kier molecular flexibility index (Phi) is 1.58. The highest BCUT2D eigenvalue weighted by Gasteiger charge is 1.98. The summed E-state index contributed by atoms with van der Waals surface area (Å²) in [6.45, 7) is 3.74. The van der Waals surface area contributed by atoms with Gasteiger partial charge in [-0.05, 0) is 6.08 Å². The second-order valence-corrected chi connectivity index (χ2v) is 1.73. The van der Waals surface area contributed by atoms with Crippen LogP contribution in [0.25, 0.3) is 0 Å². The van der Waals surface area contributed by atoms with Gasteiger partial charge in [-0.3, -0.25) is 9.98 Å². The Bertz CT molecular complexity index is 209. The molecule has 0 aromatic rings. The molecule has 0 bridgehead atoms. The molecule has 9 heavy (non-hydrogen) atoms. The largest absolute Gasteiger partial charge is 0.288 e. The summed E-state index contributed by atoms with van der Waals surface area (Å²) in [5, 5.41) is 0. The Morgan fingerprint density at radius 2 is 2.44 bits per heavy atom. The van der Waals surface area contributed by atoms with Gasteiger partial charge in [0.15, 0.2) is 0 Å². The van der Waals surface area contributed by atoms with Crippen LogP contribution >= 0.6 is 0 Å². The van der Waals surface area contributed by atoms with Crippen molar-refractivity contribution in [2.45, 2.75) is 0 Å². The van der Waals surface area contributed by atoms with Crippen molar-refractivity contribution in [3.63, 3.8) is 0 Å². The molecule has 2 heteroatoms. The van der Waals surface area contributed by atoms with E-state index in [0.717, 1.165) is 11.3 Å². The van der Waals surface area contributed by atoms with Gasteiger partial charge >= 0.3 is 0 Å². The molecule has 46 valence electrons. The summed E-state index contributed by atoms with van der Waals surface area (Å²) in [5.74, 6) is 0. The molecule has 0 saturated heterocycles. The molecular weight excluding hydrogens is 112 g/mol. The van der Waals surface area contributed by atoms with E-state index >= 15 is 0 Å². The van der Waals surface area contributed by atoms with Crippen molar-refractivity contribution in [1.82, 2.24) is 0 Å². The van der Waals surface area contributed by atoms with Crippen LogP contribution in [0, 0.1) is 0 Å². The maximum atomic E-state index is 3.97. The first-order valence-electron chi connectivity index (χ1n) is 2.70. The zero-order valence-corrected chi connectivity index (χ0v) is 5.33. The normalized spacial score (nSPS) is 21.4. The smallest absolute Gasteiger partial charge is 0.0667 e. The SMILES string of the molecule is C=C1C=NC=CC1=NC. The fourth-order valence-corrected chi connectivity index (χ4v) is 0.638. The lowest BCUT2D eigenvalue weighted by atomic mass is 10.2. The summed E-state index contributed by atoms with van der Waals surface area (Å²) in [7, 11) is 1.74. The van der Waals surface area contributed by atoms with Crippen LogP contribution in [0.5, 0.6) is 0 Å². The molecule has 0 amide bonds. The highest BCUT2D eigenvalue weighted by molar-refractivity contribution is 6.22. The standard InChI is InChI=1S/C7H8N2/c1-6-5-9-4-3-7(6)8-2/h3-5H,1H2,2H3. The van der Waals surface area contributed by atoms with E-state index in [9.17, 15) is 0 Å². The Labute approximate surface area is 54.3 Å². The second-order valence-electron chi connectivity index (χ2n) is 1.73. The van der Waals surface area contributed by atoms with Gasteiger partial charge in [-0.15, -0.1) is 0 Å². The van der Waals surface area contributed by atoms with Crippen molar-refractivity contribution in [3.05, 3.63) is 24.4 Å². The first-order chi connectivity index (χ1) is 4.34. The lowest BCUT2D eigenvalue weighted by molar-refractivity contribution is 1.43. The van der Waals surface area contributed by atoms with E-state index in [-0.39, 0.29) is 0 Å². The maximum Gasteiger partial charge on any atom is 0.0667 e. The van der Waals surface area contributed by atoms with Crippen LogP contribution in [0.2, 0.25) is 0 Å². The van der Waals surface area contributed by atoms with Crippen LogP contribution in [0.1, 0.15) is 0 Å². The molecule has 0 atom stereocenters. The average Bonchev–Trinajstić information content (AvgIpc) is 1.89. The molecule has 0 aliphatic carbocycles. The minimum atomic E-state index is 0.875. The van der Waals surface area contributed by atoms with E-state index in [1.165, 1.54) is 0 Å². The minimum Gasteiger partial charge on any atom is -0.288 e. The van der Waals surface area contributed by atoms with Gasteiger partial charge in [0.2, 0.25) is 0 Å². The summed E-state index contributed by atoms with van der Waals surface area (Å²) in [5.41, 5.74) is 1.78. The topological polar surface area (TPSA) is 24.7 Å². The van der Waals surface area contributed by atoms with E-state index in [0.29, 0.717) is 0 Å². The van der Waals surface area contributed by atoms with E-state index < -0.39 is 0 Å². The predicted octanol–water partition coefficient (Wildman–Crippen LogP) is 1.21.